The molecular weight excluding hydrogens is 444 g/mol. The topological polar surface area (TPSA) is 95.9 Å². The number of hydrogen-bond donors (Lipinski definition) is 2. The van der Waals surface area contributed by atoms with Gasteiger partial charge in [0.05, 0.1) is 0 Å². The second kappa shape index (κ2) is 11.4. The Morgan fingerprint density at radius 1 is 1.03 bits per heavy atom. The molecule has 1 aliphatic carbocycles. The molecule has 4 rings (SSSR count). The summed E-state index contributed by atoms with van der Waals surface area (Å²) in [6.45, 7) is 2.64. The highest BCUT2D eigenvalue weighted by Crippen LogP contribution is 2.44. The summed E-state index contributed by atoms with van der Waals surface area (Å²) < 4.78 is 5.65. The van der Waals surface area contributed by atoms with Crippen LogP contribution in [0.5, 0.6) is 0 Å². The second-order valence-electron chi connectivity index (χ2n) is 9.45. The number of likely N-dealkylation sites (tertiary alicyclic amines) is 1. The lowest BCUT2D eigenvalue weighted by Crippen LogP contribution is -2.47. The predicted molar refractivity (Wildman–Crippen MR) is 133 cm³/mol. The van der Waals surface area contributed by atoms with Crippen molar-refractivity contribution in [2.45, 2.75) is 69.9 Å². The van der Waals surface area contributed by atoms with E-state index >= 15 is 0 Å². The van der Waals surface area contributed by atoms with Crippen LogP contribution < -0.4 is 5.32 Å². The van der Waals surface area contributed by atoms with E-state index in [4.69, 9.17) is 4.74 Å². The molecule has 1 aliphatic heterocycles. The van der Waals surface area contributed by atoms with E-state index in [-0.39, 0.29) is 24.9 Å². The fraction of sp³-hybridized carbons (Fsp3) is 0.464. The molecule has 1 fully saturated rings. The number of nitrogens with zero attached hydrogens (tertiary/aromatic N) is 1. The Morgan fingerprint density at radius 2 is 1.69 bits per heavy atom. The first-order chi connectivity index (χ1) is 17.0. The largest absolute Gasteiger partial charge is 0.480 e. The number of rotatable bonds is 8. The molecule has 2 aromatic carbocycles. The summed E-state index contributed by atoms with van der Waals surface area (Å²) in [4.78, 5) is 39.0. The van der Waals surface area contributed by atoms with E-state index < -0.39 is 24.1 Å². The van der Waals surface area contributed by atoms with Crippen LogP contribution in [0.2, 0.25) is 0 Å². The van der Waals surface area contributed by atoms with Crippen LogP contribution in [0.25, 0.3) is 11.1 Å². The number of carbonyl (C=O) groups excluding carboxylic acids is 2. The molecule has 0 aromatic heterocycles. The maximum absolute atomic E-state index is 13.0. The summed E-state index contributed by atoms with van der Waals surface area (Å²) >= 11 is 0. The summed E-state index contributed by atoms with van der Waals surface area (Å²) in [5.74, 6) is -1.22. The van der Waals surface area contributed by atoms with Crippen LogP contribution in [0, 0.1) is 0 Å². The van der Waals surface area contributed by atoms with Gasteiger partial charge in [0, 0.05) is 24.9 Å². The van der Waals surface area contributed by atoms with Gasteiger partial charge in [0.1, 0.15) is 12.6 Å². The molecule has 2 N–H and O–H groups in total. The number of hydrogen-bond acceptors (Lipinski definition) is 4. The van der Waals surface area contributed by atoms with Crippen LogP contribution >= 0.6 is 0 Å². The zero-order chi connectivity index (χ0) is 24.8. The Hall–Kier alpha value is -3.35. The molecule has 2 aliphatic rings. The first-order valence-corrected chi connectivity index (χ1v) is 12.6. The van der Waals surface area contributed by atoms with E-state index in [0.717, 1.165) is 47.9 Å². The van der Waals surface area contributed by atoms with Crippen molar-refractivity contribution in [3.63, 3.8) is 0 Å². The summed E-state index contributed by atoms with van der Waals surface area (Å²) in [6.07, 6.45) is 3.91. The lowest BCUT2D eigenvalue weighted by molar-refractivity contribution is -0.150. The van der Waals surface area contributed by atoms with Gasteiger partial charge < -0.3 is 20.1 Å². The van der Waals surface area contributed by atoms with Crippen LogP contribution in [0.15, 0.2) is 48.5 Å². The van der Waals surface area contributed by atoms with Crippen LogP contribution in [-0.4, -0.2) is 53.2 Å². The van der Waals surface area contributed by atoms with Gasteiger partial charge in [-0.2, -0.15) is 0 Å². The van der Waals surface area contributed by atoms with Crippen molar-refractivity contribution in [2.75, 3.05) is 13.2 Å². The van der Waals surface area contributed by atoms with Crippen molar-refractivity contribution in [1.29, 1.82) is 0 Å². The minimum atomic E-state index is -0.961. The van der Waals surface area contributed by atoms with E-state index in [1.807, 2.05) is 31.2 Å². The quantitative estimate of drug-likeness (QED) is 0.560. The fourth-order valence-corrected chi connectivity index (χ4v) is 5.37. The standard InChI is InChI=1S/C28H34N2O5/c1-2-10-19(17-26(31)30-16-9-3-4-15-25(30)27(32)33)29-28(34)35-18-24-22-13-7-5-11-20(22)21-12-6-8-14-23(21)24/h5-8,11-14,19,24-25H,2-4,9-10,15-18H2,1H3,(H,29,34)(H,32,33). The van der Waals surface area contributed by atoms with Gasteiger partial charge in [-0.15, -0.1) is 0 Å². The highest BCUT2D eigenvalue weighted by atomic mass is 16.5. The van der Waals surface area contributed by atoms with Crippen LogP contribution in [0.1, 0.15) is 68.9 Å². The molecule has 1 heterocycles. The Kier molecular flexibility index (Phi) is 8.06. The number of aliphatic carboxylic acids is 1. The van der Waals surface area contributed by atoms with E-state index in [1.165, 1.54) is 4.90 Å². The Labute approximate surface area is 206 Å². The zero-order valence-electron chi connectivity index (χ0n) is 20.2. The first kappa shape index (κ1) is 24.8. The predicted octanol–water partition coefficient (Wildman–Crippen LogP) is 4.94. The normalized spacial score (nSPS) is 18.2. The molecule has 7 nitrogen and oxygen atoms in total. The van der Waals surface area contributed by atoms with Gasteiger partial charge in [0.25, 0.3) is 0 Å². The van der Waals surface area contributed by atoms with Gasteiger partial charge in [-0.05, 0) is 41.5 Å². The molecule has 186 valence electrons. The summed E-state index contributed by atoms with van der Waals surface area (Å²) in [7, 11) is 0. The highest BCUT2D eigenvalue weighted by Gasteiger charge is 2.33. The highest BCUT2D eigenvalue weighted by molar-refractivity contribution is 5.84. The third kappa shape index (κ3) is 5.66. The monoisotopic (exact) mass is 478 g/mol. The molecule has 7 heteroatoms. The lowest BCUT2D eigenvalue weighted by Gasteiger charge is -2.29. The molecule has 0 spiro atoms. The van der Waals surface area contributed by atoms with Crippen LogP contribution in [0.3, 0.4) is 0 Å². The van der Waals surface area contributed by atoms with Gasteiger partial charge >= 0.3 is 12.1 Å². The number of carboxylic acids is 1. The maximum atomic E-state index is 13.0. The first-order valence-electron chi connectivity index (χ1n) is 12.6. The van der Waals surface area contributed by atoms with E-state index in [1.54, 1.807) is 0 Å². The van der Waals surface area contributed by atoms with Crippen molar-refractivity contribution in [1.82, 2.24) is 10.2 Å². The Bertz CT molecular complexity index is 1020. The lowest BCUT2D eigenvalue weighted by atomic mass is 9.98. The summed E-state index contributed by atoms with van der Waals surface area (Å²) in [6, 6.07) is 15.1. The number of ether oxygens (including phenoxy) is 1. The van der Waals surface area contributed by atoms with Gasteiger partial charge in [0.2, 0.25) is 5.91 Å². The van der Waals surface area contributed by atoms with E-state index in [9.17, 15) is 19.5 Å². The van der Waals surface area contributed by atoms with Gasteiger partial charge in [-0.25, -0.2) is 9.59 Å². The molecular formula is C28H34N2O5. The second-order valence-corrected chi connectivity index (χ2v) is 9.45. The minimum absolute atomic E-state index is 0.0344. The fourth-order valence-electron chi connectivity index (χ4n) is 5.37. The van der Waals surface area contributed by atoms with Gasteiger partial charge in [-0.3, -0.25) is 4.79 Å². The number of benzene rings is 2. The number of carboxylic acid groups (broad SMARTS) is 1. The molecule has 0 saturated carbocycles. The number of nitrogens with one attached hydrogen (secondary N) is 1. The zero-order valence-corrected chi connectivity index (χ0v) is 20.2. The minimum Gasteiger partial charge on any atom is -0.480 e. The number of fused-ring (bicyclic) bond motifs is 3. The van der Waals surface area contributed by atoms with Gasteiger partial charge in [-0.1, -0.05) is 74.7 Å². The molecule has 35 heavy (non-hydrogen) atoms. The Morgan fingerprint density at radius 3 is 2.31 bits per heavy atom. The van der Waals surface area contributed by atoms with Crippen molar-refractivity contribution >= 4 is 18.0 Å². The summed E-state index contributed by atoms with van der Waals surface area (Å²) in [5.41, 5.74) is 4.61. The molecule has 2 atom stereocenters. The summed E-state index contributed by atoms with van der Waals surface area (Å²) in [5, 5.41) is 12.5. The van der Waals surface area contributed by atoms with E-state index in [0.29, 0.717) is 19.4 Å². The average Bonchev–Trinajstić information content (AvgIpc) is 2.98. The Balaban J connectivity index is 1.38. The van der Waals surface area contributed by atoms with Crippen LogP contribution in [-0.2, 0) is 14.3 Å². The van der Waals surface area contributed by atoms with Gasteiger partial charge in [0.15, 0.2) is 0 Å². The average molecular weight is 479 g/mol. The van der Waals surface area contributed by atoms with Crippen molar-refractivity contribution < 1.29 is 24.2 Å². The van der Waals surface area contributed by atoms with Crippen LogP contribution in [0.4, 0.5) is 4.79 Å². The molecule has 1 saturated heterocycles. The smallest absolute Gasteiger partial charge is 0.407 e. The third-order valence-electron chi connectivity index (χ3n) is 7.08. The molecule has 2 amide bonds. The van der Waals surface area contributed by atoms with E-state index in [2.05, 4.69) is 29.6 Å². The SMILES string of the molecule is CCCC(CC(=O)N1CCCCCC1C(=O)O)NC(=O)OCC1c2ccccc2-c2ccccc21. The van der Waals surface area contributed by atoms with Crippen molar-refractivity contribution in [2.24, 2.45) is 0 Å². The molecule has 0 bridgehead atoms. The molecule has 2 aromatic rings. The third-order valence-corrected chi connectivity index (χ3v) is 7.08. The maximum Gasteiger partial charge on any atom is 0.407 e. The number of carbonyl (C=O) groups is 3. The van der Waals surface area contributed by atoms with Crippen molar-refractivity contribution in [3.05, 3.63) is 59.7 Å². The molecule has 2 unspecified atom stereocenters. The number of amides is 2. The number of alkyl carbamates (subject to hydrolysis) is 1. The van der Waals surface area contributed by atoms with Crippen molar-refractivity contribution in [3.8, 4) is 11.1 Å². The molecule has 0 radical (unpaired) electrons.